The summed E-state index contributed by atoms with van der Waals surface area (Å²) in [6.45, 7) is 0. The van der Waals surface area contributed by atoms with Crippen molar-refractivity contribution in [3.8, 4) is 0 Å². The maximum Gasteiger partial charge on any atom is 0.132 e. The van der Waals surface area contributed by atoms with Gasteiger partial charge in [0.25, 0.3) is 0 Å². The van der Waals surface area contributed by atoms with Crippen LogP contribution in [0.5, 0.6) is 0 Å². The molecular weight excluding hydrogens is 152 g/mol. The summed E-state index contributed by atoms with van der Waals surface area (Å²) >= 11 is 0. The van der Waals surface area contributed by atoms with E-state index in [1.165, 1.54) is 0 Å². The Labute approximate surface area is 73.3 Å². The largest absolute Gasteiger partial charge is 0.300 e. The van der Waals surface area contributed by atoms with Gasteiger partial charge in [0, 0.05) is 25.7 Å². The maximum atomic E-state index is 10.2. The molecule has 0 N–H and O–H groups in total. The summed E-state index contributed by atoms with van der Waals surface area (Å²) in [7, 11) is 0. The smallest absolute Gasteiger partial charge is 0.132 e. The van der Waals surface area contributed by atoms with E-state index >= 15 is 0 Å². The van der Waals surface area contributed by atoms with E-state index in [-0.39, 0.29) is 0 Å². The molecule has 0 heterocycles. The van der Waals surface area contributed by atoms with E-state index in [0.717, 1.165) is 51.4 Å². The molecule has 0 atom stereocenters. The molecule has 12 heavy (non-hydrogen) atoms. The van der Waals surface area contributed by atoms with Crippen molar-refractivity contribution in [2.45, 2.75) is 51.4 Å². The first-order chi connectivity index (χ1) is 5.79. The van der Waals surface area contributed by atoms with E-state index in [1.807, 2.05) is 0 Å². The standard InChI is InChI=1S/2C5H8O/c2*6-5-3-1-2-4-5/h2*1-4H2. The predicted octanol–water partition coefficient (Wildman–Crippen LogP) is 2.26. The number of hydrogen-bond acceptors (Lipinski definition) is 2. The Hall–Kier alpha value is -0.660. The third kappa shape index (κ3) is 3.65. The van der Waals surface area contributed by atoms with Crippen molar-refractivity contribution in [2.24, 2.45) is 0 Å². The molecule has 0 aliphatic heterocycles. The van der Waals surface area contributed by atoms with Gasteiger partial charge in [-0.3, -0.25) is 9.59 Å². The maximum absolute atomic E-state index is 10.2. The average molecular weight is 168 g/mol. The van der Waals surface area contributed by atoms with E-state index in [9.17, 15) is 9.59 Å². The Morgan fingerprint density at radius 3 is 0.917 bits per heavy atom. The van der Waals surface area contributed by atoms with Gasteiger partial charge in [0.05, 0.1) is 0 Å². The van der Waals surface area contributed by atoms with Crippen LogP contribution in [0.2, 0.25) is 0 Å². The summed E-state index contributed by atoms with van der Waals surface area (Å²) in [4.78, 5) is 20.5. The van der Waals surface area contributed by atoms with E-state index in [0.29, 0.717) is 11.6 Å². The van der Waals surface area contributed by atoms with Gasteiger partial charge in [0.1, 0.15) is 11.6 Å². The van der Waals surface area contributed by atoms with Crippen LogP contribution >= 0.6 is 0 Å². The molecule has 0 radical (unpaired) electrons. The minimum absolute atomic E-state index is 0.454. The predicted molar refractivity (Wildman–Crippen MR) is 47.0 cm³/mol. The SMILES string of the molecule is O=C1CCCC1.O=C1CCCC1. The van der Waals surface area contributed by atoms with Crippen LogP contribution in [0.3, 0.4) is 0 Å². The molecule has 68 valence electrons. The van der Waals surface area contributed by atoms with Crippen LogP contribution < -0.4 is 0 Å². The number of hydrogen-bond donors (Lipinski definition) is 0. The molecule has 0 spiro atoms. The lowest BCUT2D eigenvalue weighted by atomic mass is 10.4. The van der Waals surface area contributed by atoms with Crippen molar-refractivity contribution in [1.82, 2.24) is 0 Å². The average Bonchev–Trinajstić information content (AvgIpc) is 2.63. The number of rotatable bonds is 0. The molecule has 0 unspecified atom stereocenters. The van der Waals surface area contributed by atoms with Crippen molar-refractivity contribution >= 4 is 11.6 Å². The summed E-state index contributed by atoms with van der Waals surface area (Å²) in [5, 5.41) is 0. The Morgan fingerprint density at radius 2 is 0.833 bits per heavy atom. The third-order valence-electron chi connectivity index (χ3n) is 2.32. The van der Waals surface area contributed by atoms with Gasteiger partial charge in [0.15, 0.2) is 0 Å². The van der Waals surface area contributed by atoms with Gasteiger partial charge in [-0.15, -0.1) is 0 Å². The highest BCUT2D eigenvalue weighted by Gasteiger charge is 2.07. The van der Waals surface area contributed by atoms with Gasteiger partial charge in [-0.05, 0) is 25.7 Å². The van der Waals surface area contributed by atoms with E-state index in [4.69, 9.17) is 0 Å². The fourth-order valence-corrected chi connectivity index (χ4v) is 1.54. The van der Waals surface area contributed by atoms with Crippen LogP contribution in [0, 0.1) is 0 Å². The molecule has 2 saturated carbocycles. The van der Waals surface area contributed by atoms with E-state index < -0.39 is 0 Å². The first-order valence-corrected chi connectivity index (χ1v) is 4.82. The number of carbonyl (C=O) groups is 2. The Kier molecular flexibility index (Phi) is 3.98. The molecule has 2 fully saturated rings. The van der Waals surface area contributed by atoms with Gasteiger partial charge >= 0.3 is 0 Å². The van der Waals surface area contributed by atoms with Crippen molar-refractivity contribution < 1.29 is 9.59 Å². The molecule has 2 heteroatoms. The number of ketones is 2. The van der Waals surface area contributed by atoms with E-state index in [1.54, 1.807) is 0 Å². The third-order valence-corrected chi connectivity index (χ3v) is 2.32. The quantitative estimate of drug-likeness (QED) is 0.556. The monoisotopic (exact) mass is 168 g/mol. The Morgan fingerprint density at radius 1 is 0.583 bits per heavy atom. The highest BCUT2D eigenvalue weighted by Crippen LogP contribution is 2.11. The summed E-state index contributed by atoms with van der Waals surface area (Å²) in [6, 6.07) is 0. The van der Waals surface area contributed by atoms with Crippen molar-refractivity contribution in [2.75, 3.05) is 0 Å². The molecule has 2 aliphatic rings. The van der Waals surface area contributed by atoms with Gasteiger partial charge < -0.3 is 0 Å². The molecule has 0 bridgehead atoms. The minimum atomic E-state index is 0.454. The zero-order chi connectivity index (χ0) is 8.81. The van der Waals surface area contributed by atoms with Gasteiger partial charge in [-0.1, -0.05) is 0 Å². The lowest BCUT2D eigenvalue weighted by molar-refractivity contribution is -0.118. The second kappa shape index (κ2) is 5.07. The lowest BCUT2D eigenvalue weighted by Crippen LogP contribution is -1.81. The fourth-order valence-electron chi connectivity index (χ4n) is 1.54. The number of carbonyl (C=O) groups excluding carboxylic acids is 2. The highest BCUT2D eigenvalue weighted by atomic mass is 16.1. The summed E-state index contributed by atoms with van der Waals surface area (Å²) in [6.07, 6.45) is 7.94. The van der Waals surface area contributed by atoms with Crippen molar-refractivity contribution in [3.05, 3.63) is 0 Å². The van der Waals surface area contributed by atoms with Crippen molar-refractivity contribution in [3.63, 3.8) is 0 Å². The first-order valence-electron chi connectivity index (χ1n) is 4.82. The van der Waals surface area contributed by atoms with Gasteiger partial charge in [0.2, 0.25) is 0 Å². The van der Waals surface area contributed by atoms with Crippen LogP contribution in [0.15, 0.2) is 0 Å². The molecule has 0 saturated heterocycles. The second-order valence-electron chi connectivity index (χ2n) is 3.49. The molecule has 2 rings (SSSR count). The molecular formula is C10H16O2. The topological polar surface area (TPSA) is 34.1 Å². The number of Topliss-reactive ketones (excluding diaryl/α,β-unsaturated/α-hetero) is 2. The molecule has 2 nitrogen and oxygen atoms in total. The van der Waals surface area contributed by atoms with Gasteiger partial charge in [-0.25, -0.2) is 0 Å². The Balaban J connectivity index is 0.000000120. The summed E-state index contributed by atoms with van der Waals surface area (Å²) in [5.74, 6) is 0.907. The zero-order valence-electron chi connectivity index (χ0n) is 7.47. The lowest BCUT2D eigenvalue weighted by Gasteiger charge is -1.71. The van der Waals surface area contributed by atoms with Crippen LogP contribution in [0.1, 0.15) is 51.4 Å². The van der Waals surface area contributed by atoms with Crippen molar-refractivity contribution in [1.29, 1.82) is 0 Å². The van der Waals surface area contributed by atoms with E-state index in [2.05, 4.69) is 0 Å². The zero-order valence-corrected chi connectivity index (χ0v) is 7.47. The molecule has 0 aromatic rings. The normalized spacial score (nSPS) is 22.3. The molecule has 0 aromatic heterocycles. The van der Waals surface area contributed by atoms with Gasteiger partial charge in [-0.2, -0.15) is 0 Å². The minimum Gasteiger partial charge on any atom is -0.300 e. The van der Waals surface area contributed by atoms with Crippen LogP contribution in [0.25, 0.3) is 0 Å². The fraction of sp³-hybridized carbons (Fsp3) is 0.800. The molecule has 0 aromatic carbocycles. The Bertz CT molecular complexity index is 137. The highest BCUT2D eigenvalue weighted by molar-refractivity contribution is 5.80. The summed E-state index contributed by atoms with van der Waals surface area (Å²) in [5.41, 5.74) is 0. The second-order valence-corrected chi connectivity index (χ2v) is 3.49. The molecule has 0 amide bonds. The van der Waals surface area contributed by atoms with Crippen LogP contribution in [-0.4, -0.2) is 11.6 Å². The first kappa shape index (κ1) is 9.43. The van der Waals surface area contributed by atoms with Crippen LogP contribution in [-0.2, 0) is 9.59 Å². The van der Waals surface area contributed by atoms with Crippen LogP contribution in [0.4, 0.5) is 0 Å². The summed E-state index contributed by atoms with van der Waals surface area (Å²) < 4.78 is 0. The molecule has 2 aliphatic carbocycles.